The summed E-state index contributed by atoms with van der Waals surface area (Å²) < 4.78 is 11.2. The fourth-order valence-corrected chi connectivity index (χ4v) is 4.18. The van der Waals surface area contributed by atoms with Crippen molar-refractivity contribution in [3.63, 3.8) is 0 Å². The molecule has 0 bridgehead atoms. The van der Waals surface area contributed by atoms with Gasteiger partial charge >= 0.3 is 6.03 Å². The molecule has 0 spiro atoms. The standard InChI is InChI=1S/C25H26N4O3S/c1-5-15-29-16(3)21(22(26-25(29)30)17-9-13-20(33-4)14-10-17)24-27-23(28-32-24)18-7-11-19(12-8-18)31-6-2/h5,7-14,22H,1,6,15H2,2-4H3,(H,26,30). The van der Waals surface area contributed by atoms with Crippen LogP contribution in [0.4, 0.5) is 4.79 Å². The first-order chi connectivity index (χ1) is 16.0. The van der Waals surface area contributed by atoms with E-state index in [1.165, 1.54) is 0 Å². The molecule has 2 amide bonds. The summed E-state index contributed by atoms with van der Waals surface area (Å²) >= 11 is 1.67. The molecule has 1 aromatic heterocycles. The molecule has 4 rings (SSSR count). The van der Waals surface area contributed by atoms with Crippen molar-refractivity contribution in [1.29, 1.82) is 0 Å². The lowest BCUT2D eigenvalue weighted by Gasteiger charge is -2.34. The lowest BCUT2D eigenvalue weighted by atomic mass is 9.94. The van der Waals surface area contributed by atoms with Crippen molar-refractivity contribution in [3.8, 4) is 17.1 Å². The van der Waals surface area contributed by atoms with Crippen LogP contribution in [0.15, 0.2) is 76.3 Å². The molecule has 170 valence electrons. The first-order valence-electron chi connectivity index (χ1n) is 10.7. The zero-order valence-corrected chi connectivity index (χ0v) is 19.7. The van der Waals surface area contributed by atoms with E-state index >= 15 is 0 Å². The van der Waals surface area contributed by atoms with Gasteiger partial charge in [0.15, 0.2) is 0 Å². The summed E-state index contributed by atoms with van der Waals surface area (Å²) in [6, 6.07) is 15.0. The monoisotopic (exact) mass is 462 g/mol. The van der Waals surface area contributed by atoms with E-state index < -0.39 is 6.04 Å². The molecule has 7 nitrogen and oxygen atoms in total. The fourth-order valence-electron chi connectivity index (χ4n) is 3.77. The van der Waals surface area contributed by atoms with E-state index in [0.29, 0.717) is 24.9 Å². The van der Waals surface area contributed by atoms with Gasteiger partial charge in [0.25, 0.3) is 5.89 Å². The van der Waals surface area contributed by atoms with Crippen LogP contribution in [0.5, 0.6) is 5.75 Å². The number of ether oxygens (including phenoxy) is 1. The topological polar surface area (TPSA) is 80.5 Å². The smallest absolute Gasteiger partial charge is 0.322 e. The predicted molar refractivity (Wildman–Crippen MR) is 130 cm³/mol. The lowest BCUT2D eigenvalue weighted by molar-refractivity contribution is 0.209. The van der Waals surface area contributed by atoms with Crippen molar-refractivity contribution in [2.45, 2.75) is 24.8 Å². The van der Waals surface area contributed by atoms with Gasteiger partial charge in [-0.25, -0.2) is 4.79 Å². The highest BCUT2D eigenvalue weighted by Crippen LogP contribution is 2.37. The quantitative estimate of drug-likeness (QED) is 0.350. The number of benzene rings is 2. The van der Waals surface area contributed by atoms with Gasteiger partial charge in [-0.2, -0.15) is 4.98 Å². The Bertz CT molecular complexity index is 1170. The van der Waals surface area contributed by atoms with Crippen molar-refractivity contribution in [2.24, 2.45) is 0 Å². The van der Waals surface area contributed by atoms with Crippen LogP contribution in [0.3, 0.4) is 0 Å². The van der Waals surface area contributed by atoms with E-state index in [9.17, 15) is 4.79 Å². The van der Waals surface area contributed by atoms with Gasteiger partial charge in [-0.3, -0.25) is 4.90 Å². The van der Waals surface area contributed by atoms with E-state index in [0.717, 1.165) is 33.0 Å². The highest BCUT2D eigenvalue weighted by Gasteiger charge is 2.35. The molecule has 1 atom stereocenters. The number of hydrogen-bond donors (Lipinski definition) is 1. The van der Waals surface area contributed by atoms with Gasteiger partial charge < -0.3 is 14.6 Å². The van der Waals surface area contributed by atoms with E-state index in [2.05, 4.69) is 22.0 Å². The van der Waals surface area contributed by atoms with Crippen molar-refractivity contribution in [2.75, 3.05) is 19.4 Å². The highest BCUT2D eigenvalue weighted by atomic mass is 32.2. The summed E-state index contributed by atoms with van der Waals surface area (Å²) in [6.45, 7) is 8.58. The zero-order chi connectivity index (χ0) is 23.4. The molecule has 8 heteroatoms. The van der Waals surface area contributed by atoms with Gasteiger partial charge in [0, 0.05) is 22.7 Å². The molecule has 0 aliphatic carbocycles. The number of aromatic nitrogens is 2. The first kappa shape index (κ1) is 22.7. The van der Waals surface area contributed by atoms with Gasteiger partial charge in [0.1, 0.15) is 5.75 Å². The van der Waals surface area contributed by atoms with Gasteiger partial charge in [0.05, 0.1) is 18.2 Å². The largest absolute Gasteiger partial charge is 0.494 e. The molecule has 1 N–H and O–H groups in total. The second-order valence-electron chi connectivity index (χ2n) is 7.43. The average Bonchev–Trinajstić information content (AvgIpc) is 3.32. The number of allylic oxidation sites excluding steroid dienone is 1. The second-order valence-corrected chi connectivity index (χ2v) is 8.31. The van der Waals surface area contributed by atoms with Crippen LogP contribution in [0.1, 0.15) is 31.3 Å². The molecular formula is C25H26N4O3S. The van der Waals surface area contributed by atoms with Gasteiger partial charge in [-0.1, -0.05) is 23.4 Å². The summed E-state index contributed by atoms with van der Waals surface area (Å²) in [5, 5.41) is 7.29. The number of carbonyl (C=O) groups excluding carboxylic acids is 1. The zero-order valence-electron chi connectivity index (χ0n) is 18.9. The number of nitrogens with zero attached hydrogens (tertiary/aromatic N) is 3. The Labute approximate surface area is 197 Å². The third kappa shape index (κ3) is 4.66. The number of carbonyl (C=O) groups is 1. The van der Waals surface area contributed by atoms with Crippen LogP contribution in [0, 0.1) is 0 Å². The van der Waals surface area contributed by atoms with Crippen LogP contribution in [-0.4, -0.2) is 40.5 Å². The van der Waals surface area contributed by atoms with Crippen molar-refractivity contribution >= 4 is 23.4 Å². The van der Waals surface area contributed by atoms with Crippen LogP contribution >= 0.6 is 11.8 Å². The lowest BCUT2D eigenvalue weighted by Crippen LogP contribution is -2.46. The van der Waals surface area contributed by atoms with Gasteiger partial charge in [-0.05, 0) is 62.1 Å². The summed E-state index contributed by atoms with van der Waals surface area (Å²) in [4.78, 5) is 20.3. The van der Waals surface area contributed by atoms with Gasteiger partial charge in [-0.15, -0.1) is 18.3 Å². The molecule has 0 saturated heterocycles. The molecule has 2 aromatic carbocycles. The Hall–Kier alpha value is -3.52. The second kappa shape index (κ2) is 9.95. The summed E-state index contributed by atoms with van der Waals surface area (Å²) in [5.41, 5.74) is 3.27. The molecule has 1 aliphatic heterocycles. The Morgan fingerprint density at radius 2 is 1.94 bits per heavy atom. The number of nitrogens with one attached hydrogen (secondary N) is 1. The van der Waals surface area contributed by atoms with Crippen molar-refractivity contribution < 1.29 is 14.1 Å². The Morgan fingerprint density at radius 3 is 2.58 bits per heavy atom. The minimum absolute atomic E-state index is 0.193. The number of urea groups is 1. The molecule has 0 radical (unpaired) electrons. The molecule has 1 unspecified atom stereocenters. The highest BCUT2D eigenvalue weighted by molar-refractivity contribution is 7.98. The Kier molecular flexibility index (Phi) is 6.84. The summed E-state index contributed by atoms with van der Waals surface area (Å²) in [5.74, 6) is 1.62. The average molecular weight is 463 g/mol. The Balaban J connectivity index is 1.75. The van der Waals surface area contributed by atoms with Crippen LogP contribution in [0.25, 0.3) is 17.0 Å². The van der Waals surface area contributed by atoms with Crippen LogP contribution < -0.4 is 10.1 Å². The predicted octanol–water partition coefficient (Wildman–Crippen LogP) is 5.54. The minimum atomic E-state index is -0.414. The number of amides is 2. The molecule has 0 saturated carbocycles. The first-order valence-corrected chi connectivity index (χ1v) is 11.9. The normalized spacial score (nSPS) is 16.0. The summed E-state index contributed by atoms with van der Waals surface area (Å²) in [7, 11) is 0. The third-order valence-electron chi connectivity index (χ3n) is 5.44. The fraction of sp³-hybridized carbons (Fsp3) is 0.240. The molecule has 1 aliphatic rings. The maximum absolute atomic E-state index is 12.8. The number of thioether (sulfide) groups is 1. The third-order valence-corrected chi connectivity index (χ3v) is 6.18. The van der Waals surface area contributed by atoms with E-state index in [4.69, 9.17) is 9.26 Å². The van der Waals surface area contributed by atoms with Gasteiger partial charge in [0.2, 0.25) is 5.82 Å². The van der Waals surface area contributed by atoms with E-state index in [1.807, 2.05) is 68.6 Å². The maximum Gasteiger partial charge on any atom is 0.322 e. The van der Waals surface area contributed by atoms with Crippen LogP contribution in [0.2, 0.25) is 0 Å². The molecule has 33 heavy (non-hydrogen) atoms. The SMILES string of the molecule is C=CCN1C(=O)NC(c2ccc(SC)cc2)C(c2nc(-c3ccc(OCC)cc3)no2)=C1C. The molecule has 2 heterocycles. The van der Waals surface area contributed by atoms with E-state index in [1.54, 1.807) is 22.7 Å². The Morgan fingerprint density at radius 1 is 1.21 bits per heavy atom. The van der Waals surface area contributed by atoms with Crippen LogP contribution in [-0.2, 0) is 0 Å². The van der Waals surface area contributed by atoms with Crippen molar-refractivity contribution in [1.82, 2.24) is 20.4 Å². The van der Waals surface area contributed by atoms with E-state index in [-0.39, 0.29) is 6.03 Å². The summed E-state index contributed by atoms with van der Waals surface area (Å²) in [6.07, 6.45) is 3.72. The maximum atomic E-state index is 12.8. The number of hydrogen-bond acceptors (Lipinski definition) is 6. The molecule has 0 fully saturated rings. The molecular weight excluding hydrogens is 436 g/mol. The molecule has 3 aromatic rings. The van der Waals surface area contributed by atoms with Crippen molar-refractivity contribution in [3.05, 3.63) is 78.3 Å². The number of rotatable bonds is 8. The minimum Gasteiger partial charge on any atom is -0.494 e.